The van der Waals surface area contributed by atoms with Crippen molar-refractivity contribution < 1.29 is 4.39 Å². The van der Waals surface area contributed by atoms with Gasteiger partial charge in [-0.05, 0) is 90.0 Å². The number of fused-ring (bicyclic) bond motifs is 2. The summed E-state index contributed by atoms with van der Waals surface area (Å²) in [6.07, 6.45) is 7.91. The molecule has 2 aliphatic carbocycles. The van der Waals surface area contributed by atoms with Crippen LogP contribution in [-0.2, 0) is 6.42 Å². The molecular formula is C18H25BrFN. The minimum Gasteiger partial charge on any atom is -0.313 e. The van der Waals surface area contributed by atoms with Gasteiger partial charge in [-0.1, -0.05) is 19.4 Å². The molecule has 2 bridgehead atoms. The van der Waals surface area contributed by atoms with E-state index in [1.807, 2.05) is 12.1 Å². The number of hydrogen-bond acceptors (Lipinski definition) is 1. The Hall–Kier alpha value is -0.410. The number of nitrogens with one attached hydrogen (secondary N) is 1. The topological polar surface area (TPSA) is 12.0 Å². The number of rotatable bonds is 6. The zero-order valence-electron chi connectivity index (χ0n) is 12.7. The molecule has 3 rings (SSSR count). The molecule has 4 atom stereocenters. The van der Waals surface area contributed by atoms with Gasteiger partial charge < -0.3 is 5.32 Å². The Morgan fingerprint density at radius 3 is 2.81 bits per heavy atom. The molecule has 0 spiro atoms. The predicted octanol–water partition coefficient (Wildman–Crippen LogP) is 4.94. The van der Waals surface area contributed by atoms with Crippen molar-refractivity contribution in [1.82, 2.24) is 5.32 Å². The molecule has 116 valence electrons. The van der Waals surface area contributed by atoms with E-state index in [0.717, 1.165) is 30.7 Å². The third kappa shape index (κ3) is 3.50. The van der Waals surface area contributed by atoms with Crippen LogP contribution in [0.4, 0.5) is 4.39 Å². The molecule has 2 saturated carbocycles. The summed E-state index contributed by atoms with van der Waals surface area (Å²) in [6, 6.07) is 6.02. The summed E-state index contributed by atoms with van der Waals surface area (Å²) in [6.45, 7) is 3.31. The molecule has 1 aromatic carbocycles. The van der Waals surface area contributed by atoms with E-state index in [4.69, 9.17) is 0 Å². The van der Waals surface area contributed by atoms with Gasteiger partial charge in [-0.3, -0.25) is 0 Å². The average molecular weight is 354 g/mol. The van der Waals surface area contributed by atoms with Gasteiger partial charge in [0.15, 0.2) is 0 Å². The minimum atomic E-state index is -0.170. The van der Waals surface area contributed by atoms with Gasteiger partial charge in [-0.15, -0.1) is 0 Å². The van der Waals surface area contributed by atoms with Crippen LogP contribution in [0.5, 0.6) is 0 Å². The molecule has 4 unspecified atom stereocenters. The van der Waals surface area contributed by atoms with Gasteiger partial charge in [0.25, 0.3) is 0 Å². The van der Waals surface area contributed by atoms with E-state index in [1.165, 1.54) is 37.7 Å². The first-order valence-electron chi connectivity index (χ1n) is 8.34. The van der Waals surface area contributed by atoms with Crippen molar-refractivity contribution in [1.29, 1.82) is 0 Å². The van der Waals surface area contributed by atoms with Crippen molar-refractivity contribution in [3.8, 4) is 0 Å². The Morgan fingerprint density at radius 1 is 1.33 bits per heavy atom. The van der Waals surface area contributed by atoms with Gasteiger partial charge in [0.2, 0.25) is 0 Å². The highest BCUT2D eigenvalue weighted by atomic mass is 79.9. The molecule has 1 aromatic rings. The number of benzene rings is 1. The molecule has 0 heterocycles. The quantitative estimate of drug-likeness (QED) is 0.763. The second-order valence-electron chi connectivity index (χ2n) is 6.85. The summed E-state index contributed by atoms with van der Waals surface area (Å²) in [4.78, 5) is 0. The van der Waals surface area contributed by atoms with E-state index in [1.54, 1.807) is 6.07 Å². The lowest BCUT2D eigenvalue weighted by Gasteiger charge is -2.31. The molecular weight excluding hydrogens is 329 g/mol. The maximum atomic E-state index is 13.4. The van der Waals surface area contributed by atoms with E-state index in [9.17, 15) is 4.39 Å². The molecule has 0 radical (unpaired) electrons. The highest BCUT2D eigenvalue weighted by Gasteiger charge is 2.42. The van der Waals surface area contributed by atoms with Crippen molar-refractivity contribution in [3.05, 3.63) is 34.1 Å². The molecule has 0 saturated heterocycles. The van der Waals surface area contributed by atoms with Crippen LogP contribution in [-0.4, -0.2) is 12.6 Å². The van der Waals surface area contributed by atoms with Crippen LogP contribution in [0.3, 0.4) is 0 Å². The Kier molecular flexibility index (Phi) is 5.00. The van der Waals surface area contributed by atoms with Crippen LogP contribution in [0, 0.1) is 23.6 Å². The zero-order chi connectivity index (χ0) is 14.8. The maximum Gasteiger partial charge on any atom is 0.137 e. The van der Waals surface area contributed by atoms with Crippen LogP contribution in [0.25, 0.3) is 0 Å². The van der Waals surface area contributed by atoms with E-state index in [2.05, 4.69) is 28.2 Å². The summed E-state index contributed by atoms with van der Waals surface area (Å²) in [5.74, 6) is 2.55. The first kappa shape index (κ1) is 15.5. The van der Waals surface area contributed by atoms with Gasteiger partial charge >= 0.3 is 0 Å². The Balaban J connectivity index is 1.71. The minimum absolute atomic E-state index is 0.170. The summed E-state index contributed by atoms with van der Waals surface area (Å²) < 4.78 is 14.0. The summed E-state index contributed by atoms with van der Waals surface area (Å²) in [5.41, 5.74) is 1.24. The van der Waals surface area contributed by atoms with Crippen molar-refractivity contribution in [3.63, 3.8) is 0 Å². The van der Waals surface area contributed by atoms with Gasteiger partial charge in [-0.25, -0.2) is 4.39 Å². The highest BCUT2D eigenvalue weighted by molar-refractivity contribution is 9.10. The summed E-state index contributed by atoms with van der Waals surface area (Å²) in [5, 5.41) is 3.77. The molecule has 1 nitrogen and oxygen atoms in total. The van der Waals surface area contributed by atoms with Gasteiger partial charge in [0, 0.05) is 6.04 Å². The fraction of sp³-hybridized carbons (Fsp3) is 0.667. The van der Waals surface area contributed by atoms with E-state index in [0.29, 0.717) is 10.5 Å². The highest BCUT2D eigenvalue weighted by Crippen LogP contribution is 2.49. The van der Waals surface area contributed by atoms with Crippen LogP contribution in [0.1, 0.15) is 44.6 Å². The molecule has 3 heteroatoms. The van der Waals surface area contributed by atoms with Crippen molar-refractivity contribution >= 4 is 15.9 Å². The van der Waals surface area contributed by atoms with Crippen LogP contribution in [0.2, 0.25) is 0 Å². The Morgan fingerprint density at radius 2 is 2.19 bits per heavy atom. The zero-order valence-corrected chi connectivity index (χ0v) is 14.3. The van der Waals surface area contributed by atoms with Crippen LogP contribution < -0.4 is 5.32 Å². The second kappa shape index (κ2) is 6.78. The average Bonchev–Trinajstić information content (AvgIpc) is 3.10. The molecule has 2 fully saturated rings. The van der Waals surface area contributed by atoms with E-state index in [-0.39, 0.29) is 5.82 Å². The summed E-state index contributed by atoms with van der Waals surface area (Å²) >= 11 is 3.31. The van der Waals surface area contributed by atoms with Gasteiger partial charge in [0.1, 0.15) is 5.82 Å². The molecule has 0 amide bonds. The Bertz CT molecular complexity index is 490. The largest absolute Gasteiger partial charge is 0.313 e. The van der Waals surface area contributed by atoms with Crippen molar-refractivity contribution in [2.45, 2.75) is 51.5 Å². The standard InChI is InChI=1S/C18H25BrFN/c1-2-7-21-18(15-9-12-3-5-14(15)8-12)11-13-4-6-17(20)16(19)10-13/h4,6,10,12,14-15,18,21H,2-3,5,7-9,11H2,1H3. The maximum absolute atomic E-state index is 13.4. The van der Waals surface area contributed by atoms with Crippen molar-refractivity contribution in [2.75, 3.05) is 6.54 Å². The van der Waals surface area contributed by atoms with Crippen molar-refractivity contribution in [2.24, 2.45) is 17.8 Å². The van der Waals surface area contributed by atoms with Gasteiger partial charge in [-0.2, -0.15) is 0 Å². The summed E-state index contributed by atoms with van der Waals surface area (Å²) in [7, 11) is 0. The van der Waals surface area contributed by atoms with Crippen LogP contribution >= 0.6 is 15.9 Å². The number of hydrogen-bond donors (Lipinski definition) is 1. The predicted molar refractivity (Wildman–Crippen MR) is 88.8 cm³/mol. The fourth-order valence-corrected chi connectivity index (χ4v) is 4.84. The molecule has 2 aliphatic rings. The second-order valence-corrected chi connectivity index (χ2v) is 7.71. The number of halogens is 2. The fourth-order valence-electron chi connectivity index (χ4n) is 4.41. The monoisotopic (exact) mass is 353 g/mol. The van der Waals surface area contributed by atoms with Crippen LogP contribution in [0.15, 0.2) is 22.7 Å². The molecule has 0 aromatic heterocycles. The Labute approximate surface area is 135 Å². The lowest BCUT2D eigenvalue weighted by atomic mass is 9.81. The third-order valence-electron chi connectivity index (χ3n) is 5.41. The van der Waals surface area contributed by atoms with E-state index >= 15 is 0 Å². The lowest BCUT2D eigenvalue weighted by Crippen LogP contribution is -2.40. The normalized spacial score (nSPS) is 29.0. The first-order valence-corrected chi connectivity index (χ1v) is 9.14. The van der Waals surface area contributed by atoms with E-state index < -0.39 is 0 Å². The molecule has 21 heavy (non-hydrogen) atoms. The third-order valence-corrected chi connectivity index (χ3v) is 6.01. The SMILES string of the molecule is CCCNC(Cc1ccc(F)c(Br)c1)C1CC2CCC1C2. The lowest BCUT2D eigenvalue weighted by molar-refractivity contribution is 0.247. The smallest absolute Gasteiger partial charge is 0.137 e. The van der Waals surface area contributed by atoms with Gasteiger partial charge in [0.05, 0.1) is 4.47 Å². The molecule has 0 aliphatic heterocycles. The molecule has 1 N–H and O–H groups in total. The first-order chi connectivity index (χ1) is 10.2.